The van der Waals surface area contributed by atoms with E-state index in [4.69, 9.17) is 0 Å². The van der Waals surface area contributed by atoms with Crippen molar-refractivity contribution >= 4 is 23.2 Å². The van der Waals surface area contributed by atoms with E-state index in [-0.39, 0.29) is 17.7 Å². The molecular weight excluding hydrogens is 328 g/mol. The topological polar surface area (TPSA) is 55.9 Å². The third-order valence-electron chi connectivity index (χ3n) is 5.52. The van der Waals surface area contributed by atoms with Crippen LogP contribution in [0.3, 0.4) is 0 Å². The minimum atomic E-state index is -0.00441. The highest BCUT2D eigenvalue weighted by molar-refractivity contribution is 5.91. The SMILES string of the molecule is CC(=O)N(CCNC(=O)C1CCC1)c1ccc(N2CCN(C)CC2)cc1. The molecule has 1 aliphatic carbocycles. The highest BCUT2D eigenvalue weighted by Gasteiger charge is 2.25. The van der Waals surface area contributed by atoms with Gasteiger partial charge in [0.2, 0.25) is 11.8 Å². The Balaban J connectivity index is 1.55. The van der Waals surface area contributed by atoms with Gasteiger partial charge in [0.25, 0.3) is 0 Å². The summed E-state index contributed by atoms with van der Waals surface area (Å²) in [4.78, 5) is 30.4. The van der Waals surface area contributed by atoms with Crippen molar-refractivity contribution in [1.82, 2.24) is 10.2 Å². The van der Waals surface area contributed by atoms with Crippen molar-refractivity contribution in [3.8, 4) is 0 Å². The van der Waals surface area contributed by atoms with E-state index >= 15 is 0 Å². The molecule has 0 spiro atoms. The number of hydrogen-bond acceptors (Lipinski definition) is 4. The number of amides is 2. The number of anilines is 2. The van der Waals surface area contributed by atoms with Gasteiger partial charge in [-0.05, 0) is 44.2 Å². The summed E-state index contributed by atoms with van der Waals surface area (Å²) < 4.78 is 0. The van der Waals surface area contributed by atoms with Gasteiger partial charge in [-0.1, -0.05) is 6.42 Å². The molecule has 0 unspecified atom stereocenters. The molecule has 1 aliphatic heterocycles. The van der Waals surface area contributed by atoms with Crippen molar-refractivity contribution in [2.24, 2.45) is 5.92 Å². The second kappa shape index (κ2) is 8.54. The zero-order valence-corrected chi connectivity index (χ0v) is 15.9. The molecule has 1 saturated heterocycles. The average Bonchev–Trinajstić information content (AvgIpc) is 2.58. The molecule has 1 saturated carbocycles. The minimum Gasteiger partial charge on any atom is -0.369 e. The van der Waals surface area contributed by atoms with E-state index in [1.54, 1.807) is 11.8 Å². The average molecular weight is 358 g/mol. The van der Waals surface area contributed by atoms with Crippen LogP contribution in [0.25, 0.3) is 0 Å². The Morgan fingerprint density at radius 2 is 1.77 bits per heavy atom. The number of benzene rings is 1. The van der Waals surface area contributed by atoms with Gasteiger partial charge in [-0.15, -0.1) is 0 Å². The molecule has 142 valence electrons. The third-order valence-corrected chi connectivity index (χ3v) is 5.52. The van der Waals surface area contributed by atoms with Crippen molar-refractivity contribution in [2.75, 3.05) is 56.1 Å². The maximum Gasteiger partial charge on any atom is 0.223 e. The first-order valence-electron chi connectivity index (χ1n) is 9.64. The predicted octanol–water partition coefficient (Wildman–Crippen LogP) is 1.71. The zero-order valence-electron chi connectivity index (χ0n) is 15.9. The standard InChI is InChI=1S/C20H30N4O2/c1-16(25)24(11-10-21-20(26)17-4-3-5-17)19-8-6-18(7-9-19)23-14-12-22(2)13-15-23/h6-9,17H,3-5,10-15H2,1-2H3,(H,21,26). The quantitative estimate of drug-likeness (QED) is 0.841. The van der Waals surface area contributed by atoms with Gasteiger partial charge >= 0.3 is 0 Å². The zero-order chi connectivity index (χ0) is 18.5. The lowest BCUT2D eigenvalue weighted by molar-refractivity contribution is -0.127. The van der Waals surface area contributed by atoms with Crippen LogP contribution in [0.1, 0.15) is 26.2 Å². The lowest BCUT2D eigenvalue weighted by Crippen LogP contribution is -2.44. The first kappa shape index (κ1) is 18.7. The maximum atomic E-state index is 12.0. The Morgan fingerprint density at radius 1 is 1.12 bits per heavy atom. The van der Waals surface area contributed by atoms with Crippen molar-refractivity contribution < 1.29 is 9.59 Å². The Bertz CT molecular complexity index is 619. The smallest absolute Gasteiger partial charge is 0.223 e. The van der Waals surface area contributed by atoms with Crippen LogP contribution < -0.4 is 15.1 Å². The van der Waals surface area contributed by atoms with Crippen LogP contribution in [0.15, 0.2) is 24.3 Å². The maximum absolute atomic E-state index is 12.0. The molecule has 6 heteroatoms. The first-order valence-corrected chi connectivity index (χ1v) is 9.64. The van der Waals surface area contributed by atoms with Gasteiger partial charge in [-0.3, -0.25) is 9.59 Å². The van der Waals surface area contributed by atoms with E-state index in [0.29, 0.717) is 13.1 Å². The highest BCUT2D eigenvalue weighted by Crippen LogP contribution is 2.26. The summed E-state index contributed by atoms with van der Waals surface area (Å²) in [6.07, 6.45) is 3.14. The monoisotopic (exact) mass is 358 g/mol. The van der Waals surface area contributed by atoms with Crippen molar-refractivity contribution in [1.29, 1.82) is 0 Å². The number of likely N-dealkylation sites (N-methyl/N-ethyl adjacent to an activating group) is 1. The second-order valence-electron chi connectivity index (χ2n) is 7.40. The molecule has 0 radical (unpaired) electrons. The number of carbonyl (C=O) groups is 2. The van der Waals surface area contributed by atoms with Gasteiger partial charge in [-0.2, -0.15) is 0 Å². The predicted molar refractivity (Wildman–Crippen MR) is 105 cm³/mol. The molecular formula is C20H30N4O2. The van der Waals surface area contributed by atoms with E-state index in [0.717, 1.165) is 51.1 Å². The van der Waals surface area contributed by atoms with E-state index in [9.17, 15) is 9.59 Å². The van der Waals surface area contributed by atoms with Gasteiger partial charge in [-0.25, -0.2) is 0 Å². The largest absolute Gasteiger partial charge is 0.369 e. The van der Waals surface area contributed by atoms with Crippen LogP contribution in [0.4, 0.5) is 11.4 Å². The van der Waals surface area contributed by atoms with Crippen LogP contribution in [-0.2, 0) is 9.59 Å². The molecule has 2 fully saturated rings. The summed E-state index contributed by atoms with van der Waals surface area (Å²) in [5.41, 5.74) is 2.08. The molecule has 0 atom stereocenters. The van der Waals surface area contributed by atoms with Gasteiger partial charge < -0.3 is 20.0 Å². The van der Waals surface area contributed by atoms with E-state index in [1.807, 2.05) is 12.1 Å². The molecule has 1 heterocycles. The summed E-state index contributed by atoms with van der Waals surface area (Å²) in [6.45, 7) is 6.77. The Morgan fingerprint density at radius 3 is 2.31 bits per heavy atom. The summed E-state index contributed by atoms with van der Waals surface area (Å²) in [5, 5.41) is 2.96. The van der Waals surface area contributed by atoms with Gasteiger partial charge in [0.1, 0.15) is 0 Å². The summed E-state index contributed by atoms with van der Waals surface area (Å²) in [6, 6.07) is 8.18. The number of carbonyl (C=O) groups excluding carboxylic acids is 2. The van der Waals surface area contributed by atoms with E-state index < -0.39 is 0 Å². The number of rotatable bonds is 6. The lowest BCUT2D eigenvalue weighted by Gasteiger charge is -2.34. The summed E-state index contributed by atoms with van der Waals surface area (Å²) >= 11 is 0. The Hall–Kier alpha value is -2.08. The Kier molecular flexibility index (Phi) is 6.14. The van der Waals surface area contributed by atoms with Crippen LogP contribution in [-0.4, -0.2) is 63.0 Å². The van der Waals surface area contributed by atoms with Gasteiger partial charge in [0, 0.05) is 63.5 Å². The van der Waals surface area contributed by atoms with Crippen molar-refractivity contribution in [3.63, 3.8) is 0 Å². The van der Waals surface area contributed by atoms with E-state index in [2.05, 4.69) is 34.3 Å². The van der Waals surface area contributed by atoms with Crippen LogP contribution in [0, 0.1) is 5.92 Å². The fourth-order valence-electron chi connectivity index (χ4n) is 3.48. The number of piperazine rings is 1. The highest BCUT2D eigenvalue weighted by atomic mass is 16.2. The molecule has 1 aromatic rings. The van der Waals surface area contributed by atoms with Crippen molar-refractivity contribution in [3.05, 3.63) is 24.3 Å². The normalized spacial score (nSPS) is 18.3. The molecule has 0 bridgehead atoms. The van der Waals surface area contributed by atoms with Gasteiger partial charge in [0.05, 0.1) is 0 Å². The summed E-state index contributed by atoms with van der Waals surface area (Å²) in [5.74, 6) is 0.309. The number of hydrogen-bond donors (Lipinski definition) is 1. The fraction of sp³-hybridized carbons (Fsp3) is 0.600. The first-order chi connectivity index (χ1) is 12.5. The Labute approximate surface area is 156 Å². The molecule has 2 amide bonds. The summed E-state index contributed by atoms with van der Waals surface area (Å²) in [7, 11) is 2.15. The van der Waals surface area contributed by atoms with Crippen LogP contribution >= 0.6 is 0 Å². The molecule has 26 heavy (non-hydrogen) atoms. The van der Waals surface area contributed by atoms with Crippen molar-refractivity contribution in [2.45, 2.75) is 26.2 Å². The molecule has 1 aromatic carbocycles. The molecule has 3 rings (SSSR count). The lowest BCUT2D eigenvalue weighted by atomic mass is 9.85. The molecule has 2 aliphatic rings. The molecule has 1 N–H and O–H groups in total. The van der Waals surface area contributed by atoms with Gasteiger partial charge in [0.15, 0.2) is 0 Å². The fourth-order valence-corrected chi connectivity index (χ4v) is 3.48. The molecule has 6 nitrogen and oxygen atoms in total. The number of nitrogens with one attached hydrogen (secondary N) is 1. The number of nitrogens with zero attached hydrogens (tertiary/aromatic N) is 3. The third kappa shape index (κ3) is 4.55. The van der Waals surface area contributed by atoms with Crippen LogP contribution in [0.5, 0.6) is 0 Å². The van der Waals surface area contributed by atoms with Crippen LogP contribution in [0.2, 0.25) is 0 Å². The second-order valence-corrected chi connectivity index (χ2v) is 7.40. The molecule has 0 aromatic heterocycles. The van der Waals surface area contributed by atoms with E-state index in [1.165, 1.54) is 5.69 Å². The minimum absolute atomic E-state index is 0.00441.